The number of ether oxygens (including phenoxy) is 3. The van der Waals surface area contributed by atoms with Crippen LogP contribution in [-0.4, -0.2) is 44.3 Å². The molecule has 1 aliphatic rings. The molecule has 3 aromatic heterocycles. The van der Waals surface area contributed by atoms with Crippen molar-refractivity contribution < 1.29 is 14.2 Å². The minimum atomic E-state index is 0.448. The van der Waals surface area contributed by atoms with Crippen LogP contribution in [0, 0.1) is 0 Å². The Bertz CT molecular complexity index is 1280. The Morgan fingerprint density at radius 2 is 2.00 bits per heavy atom. The van der Waals surface area contributed by atoms with Crippen molar-refractivity contribution >= 4 is 11.6 Å². The highest BCUT2D eigenvalue weighted by atomic mass is 16.5. The van der Waals surface area contributed by atoms with Crippen LogP contribution in [0.25, 0.3) is 11.3 Å². The summed E-state index contributed by atoms with van der Waals surface area (Å²) in [6.07, 6.45) is 13.7. The lowest BCUT2D eigenvalue weighted by Gasteiger charge is -2.13. The summed E-state index contributed by atoms with van der Waals surface area (Å²) in [4.78, 5) is 17.5. The number of fused-ring (bicyclic) bond motifs is 7. The number of pyridine rings is 1. The van der Waals surface area contributed by atoms with Gasteiger partial charge in [-0.2, -0.15) is 0 Å². The van der Waals surface area contributed by atoms with E-state index in [0.717, 1.165) is 34.7 Å². The number of nitrogens with zero attached hydrogens (tertiary/aromatic N) is 5. The minimum Gasteiger partial charge on any atom is -0.492 e. The van der Waals surface area contributed by atoms with E-state index in [1.54, 1.807) is 24.9 Å². The van der Waals surface area contributed by atoms with Gasteiger partial charge in [-0.3, -0.25) is 0 Å². The van der Waals surface area contributed by atoms with Gasteiger partial charge in [0.1, 0.15) is 12.4 Å². The third-order valence-electron chi connectivity index (χ3n) is 5.27. The molecule has 0 spiro atoms. The molecule has 1 N–H and O–H groups in total. The van der Waals surface area contributed by atoms with E-state index >= 15 is 0 Å². The Hall–Kier alpha value is -4.24. The quantitative estimate of drug-likeness (QED) is 0.438. The molecule has 35 heavy (non-hydrogen) atoms. The Balaban J connectivity index is 1.40. The molecule has 0 atom stereocenters. The second-order valence-electron chi connectivity index (χ2n) is 7.91. The molecular formula is C26H26N6O3. The van der Waals surface area contributed by atoms with Crippen molar-refractivity contribution in [3.63, 3.8) is 0 Å². The van der Waals surface area contributed by atoms with Gasteiger partial charge in [0.15, 0.2) is 0 Å². The zero-order valence-corrected chi connectivity index (χ0v) is 19.2. The average molecular weight is 471 g/mol. The van der Waals surface area contributed by atoms with Gasteiger partial charge < -0.3 is 24.1 Å². The lowest BCUT2D eigenvalue weighted by atomic mass is 10.2. The molecular weight excluding hydrogens is 444 g/mol. The van der Waals surface area contributed by atoms with Gasteiger partial charge in [-0.25, -0.2) is 19.9 Å². The number of rotatable bonds is 4. The fourth-order valence-electron chi connectivity index (χ4n) is 3.61. The topological polar surface area (TPSA) is 96.2 Å². The van der Waals surface area contributed by atoms with E-state index in [0.29, 0.717) is 44.8 Å². The summed E-state index contributed by atoms with van der Waals surface area (Å²) in [6.45, 7) is 2.71. The lowest BCUT2D eigenvalue weighted by molar-refractivity contribution is 0.148. The summed E-state index contributed by atoms with van der Waals surface area (Å²) in [5.41, 5.74) is 3.48. The standard InChI is InChI=1S/C26H26N6O3/c1-2-11-33-18-20-14-22(17-23(15-20)34-13-10-32-9-8-27-19-32)30-26-29-7-5-24(31-26)21-4-6-28-25(16-21)35-12-3-1/h1-2,4-9,14-17,19H,3,10-13,18H2,(H,29,30,31). The van der Waals surface area contributed by atoms with Crippen molar-refractivity contribution in [1.82, 2.24) is 24.5 Å². The molecule has 0 unspecified atom stereocenters. The highest BCUT2D eigenvalue weighted by molar-refractivity contribution is 5.63. The third kappa shape index (κ3) is 6.42. The van der Waals surface area contributed by atoms with Crippen molar-refractivity contribution in [2.75, 3.05) is 25.1 Å². The molecule has 9 heteroatoms. The van der Waals surface area contributed by atoms with Gasteiger partial charge in [-0.15, -0.1) is 0 Å². The summed E-state index contributed by atoms with van der Waals surface area (Å²) in [6, 6.07) is 11.6. The molecule has 4 aromatic rings. The first kappa shape index (κ1) is 22.5. The largest absolute Gasteiger partial charge is 0.492 e. The maximum Gasteiger partial charge on any atom is 0.227 e. The molecule has 0 aliphatic carbocycles. The van der Waals surface area contributed by atoms with Crippen molar-refractivity contribution in [3.05, 3.63) is 85.2 Å². The Morgan fingerprint density at radius 1 is 1.03 bits per heavy atom. The summed E-state index contributed by atoms with van der Waals surface area (Å²) in [5, 5.41) is 3.31. The number of nitrogens with one attached hydrogen (secondary N) is 1. The fraction of sp³-hybridized carbons (Fsp3) is 0.231. The molecule has 6 bridgehead atoms. The maximum absolute atomic E-state index is 6.04. The smallest absolute Gasteiger partial charge is 0.227 e. The molecule has 5 rings (SSSR count). The third-order valence-corrected chi connectivity index (χ3v) is 5.27. The monoisotopic (exact) mass is 470 g/mol. The van der Waals surface area contributed by atoms with E-state index in [2.05, 4.69) is 25.3 Å². The van der Waals surface area contributed by atoms with Gasteiger partial charge >= 0.3 is 0 Å². The van der Waals surface area contributed by atoms with Crippen LogP contribution in [0.15, 0.2) is 79.7 Å². The van der Waals surface area contributed by atoms with Gasteiger partial charge in [0.05, 0.1) is 38.4 Å². The van der Waals surface area contributed by atoms with Crippen LogP contribution >= 0.6 is 0 Å². The lowest BCUT2D eigenvalue weighted by Crippen LogP contribution is -2.07. The first-order valence-corrected chi connectivity index (χ1v) is 11.5. The van der Waals surface area contributed by atoms with Gasteiger partial charge in [-0.05, 0) is 36.2 Å². The van der Waals surface area contributed by atoms with Gasteiger partial charge in [-0.1, -0.05) is 12.2 Å². The second kappa shape index (κ2) is 11.3. The first-order valence-electron chi connectivity index (χ1n) is 11.5. The molecule has 4 heterocycles. The zero-order chi connectivity index (χ0) is 23.7. The van der Waals surface area contributed by atoms with Crippen LogP contribution in [0.2, 0.25) is 0 Å². The highest BCUT2D eigenvalue weighted by Gasteiger charge is 2.08. The van der Waals surface area contributed by atoms with E-state index in [4.69, 9.17) is 14.2 Å². The van der Waals surface area contributed by atoms with E-state index in [1.165, 1.54) is 0 Å². The van der Waals surface area contributed by atoms with Crippen LogP contribution < -0.4 is 14.8 Å². The number of aromatic nitrogens is 5. The predicted octanol–water partition coefficient (Wildman–Crippen LogP) is 4.41. The van der Waals surface area contributed by atoms with Crippen molar-refractivity contribution in [1.29, 1.82) is 0 Å². The normalized spacial score (nSPS) is 13.7. The Morgan fingerprint density at radius 3 is 2.94 bits per heavy atom. The zero-order valence-electron chi connectivity index (χ0n) is 19.2. The number of hydrogen-bond donors (Lipinski definition) is 1. The van der Waals surface area contributed by atoms with Gasteiger partial charge in [0, 0.05) is 48.2 Å². The number of benzene rings is 1. The second-order valence-corrected chi connectivity index (χ2v) is 7.91. The van der Waals surface area contributed by atoms with Crippen LogP contribution in [0.3, 0.4) is 0 Å². The molecule has 0 amide bonds. The van der Waals surface area contributed by atoms with Gasteiger partial charge in [0.25, 0.3) is 0 Å². The van der Waals surface area contributed by atoms with Crippen molar-refractivity contribution in [2.45, 2.75) is 19.6 Å². The van der Waals surface area contributed by atoms with Crippen LogP contribution in [0.1, 0.15) is 12.0 Å². The summed E-state index contributed by atoms with van der Waals surface area (Å²) in [7, 11) is 0. The van der Waals surface area contributed by atoms with Crippen LogP contribution in [-0.2, 0) is 17.9 Å². The Labute approximate surface area is 203 Å². The number of anilines is 2. The van der Waals surface area contributed by atoms with Crippen molar-refractivity contribution in [3.8, 4) is 22.9 Å². The predicted molar refractivity (Wildman–Crippen MR) is 132 cm³/mol. The molecule has 0 saturated heterocycles. The van der Waals surface area contributed by atoms with E-state index in [-0.39, 0.29) is 0 Å². The minimum absolute atomic E-state index is 0.448. The maximum atomic E-state index is 6.04. The summed E-state index contributed by atoms with van der Waals surface area (Å²) >= 11 is 0. The fourth-order valence-corrected chi connectivity index (χ4v) is 3.61. The molecule has 0 saturated carbocycles. The van der Waals surface area contributed by atoms with Crippen LogP contribution in [0.4, 0.5) is 11.6 Å². The van der Waals surface area contributed by atoms with E-state index in [1.807, 2.05) is 59.3 Å². The molecule has 178 valence electrons. The molecule has 9 nitrogen and oxygen atoms in total. The molecule has 1 aliphatic heterocycles. The number of hydrogen-bond acceptors (Lipinski definition) is 8. The van der Waals surface area contributed by atoms with E-state index < -0.39 is 0 Å². The SMILES string of the molecule is C1=CCOCc2cc(cc(OCCn3ccnc3)c2)Nc2nccc(n2)-c2ccnc(c2)OCC1. The van der Waals surface area contributed by atoms with Crippen LogP contribution in [0.5, 0.6) is 11.6 Å². The summed E-state index contributed by atoms with van der Waals surface area (Å²) < 4.78 is 19.6. The first-order chi connectivity index (χ1) is 17.3. The molecule has 0 fully saturated rings. The summed E-state index contributed by atoms with van der Waals surface area (Å²) in [5.74, 6) is 1.78. The molecule has 0 radical (unpaired) electrons. The van der Waals surface area contributed by atoms with Gasteiger partial charge in [0.2, 0.25) is 11.8 Å². The van der Waals surface area contributed by atoms with E-state index in [9.17, 15) is 0 Å². The number of imidazole rings is 1. The van der Waals surface area contributed by atoms with Crippen molar-refractivity contribution in [2.24, 2.45) is 0 Å². The Kier molecular flexibility index (Phi) is 7.25. The average Bonchev–Trinajstić information content (AvgIpc) is 3.39. The highest BCUT2D eigenvalue weighted by Crippen LogP contribution is 2.26. The molecule has 1 aromatic carbocycles.